The van der Waals surface area contributed by atoms with E-state index in [1.54, 1.807) is 12.1 Å². The van der Waals surface area contributed by atoms with Crippen molar-refractivity contribution in [3.8, 4) is 0 Å². The highest BCUT2D eigenvalue weighted by atomic mass is 32.2. The summed E-state index contributed by atoms with van der Waals surface area (Å²) in [7, 11) is 0. The van der Waals surface area contributed by atoms with Crippen LogP contribution in [0.1, 0.15) is 6.92 Å². The summed E-state index contributed by atoms with van der Waals surface area (Å²) >= 11 is 1.33. The van der Waals surface area contributed by atoms with E-state index in [4.69, 9.17) is 0 Å². The minimum atomic E-state index is -0.215. The predicted molar refractivity (Wildman–Crippen MR) is 68.9 cm³/mol. The molecule has 88 valence electrons. The fraction of sp³-hybridized carbons (Fsp3) is 0.154. The van der Waals surface area contributed by atoms with Crippen molar-refractivity contribution in [3.63, 3.8) is 0 Å². The fourth-order valence-corrected chi connectivity index (χ4v) is 2.22. The molecule has 0 amide bonds. The average molecular weight is 248 g/mol. The lowest BCUT2D eigenvalue weighted by atomic mass is 10.3. The smallest absolute Gasteiger partial charge is 0.137 e. The minimum absolute atomic E-state index is 0.215. The van der Waals surface area contributed by atoms with Crippen LogP contribution in [0.5, 0.6) is 0 Å². The zero-order valence-corrected chi connectivity index (χ0v) is 10.3. The van der Waals surface area contributed by atoms with Crippen LogP contribution in [0, 0.1) is 5.82 Å². The summed E-state index contributed by atoms with van der Waals surface area (Å²) in [6, 6.07) is 12.4. The molecule has 0 fully saturated rings. The Morgan fingerprint density at radius 3 is 2.76 bits per heavy atom. The summed E-state index contributed by atoms with van der Waals surface area (Å²) in [6.45, 7) is 2.83. The van der Waals surface area contributed by atoms with E-state index in [9.17, 15) is 4.39 Å². The Hall–Kier alpha value is -1.55. The third-order valence-electron chi connectivity index (χ3n) is 2.13. The van der Waals surface area contributed by atoms with E-state index >= 15 is 0 Å². The van der Waals surface area contributed by atoms with Gasteiger partial charge in [0.2, 0.25) is 0 Å². The second-order valence-electron chi connectivity index (χ2n) is 3.42. The van der Waals surface area contributed by atoms with Crippen molar-refractivity contribution in [2.45, 2.75) is 16.8 Å². The molecule has 0 saturated heterocycles. The summed E-state index contributed by atoms with van der Waals surface area (Å²) in [5.41, 5.74) is 0. The first-order valence-corrected chi connectivity index (χ1v) is 6.24. The van der Waals surface area contributed by atoms with Crippen molar-refractivity contribution < 1.29 is 4.39 Å². The van der Waals surface area contributed by atoms with Crippen LogP contribution in [0.15, 0.2) is 52.4 Å². The van der Waals surface area contributed by atoms with Gasteiger partial charge in [-0.3, -0.25) is 0 Å². The van der Waals surface area contributed by atoms with Crippen LogP contribution < -0.4 is 5.32 Å². The Morgan fingerprint density at radius 1 is 1.18 bits per heavy atom. The monoisotopic (exact) mass is 248 g/mol. The third-order valence-corrected chi connectivity index (χ3v) is 3.12. The molecule has 4 heteroatoms. The van der Waals surface area contributed by atoms with E-state index < -0.39 is 0 Å². The lowest BCUT2D eigenvalue weighted by Crippen LogP contribution is -1.98. The molecule has 0 aliphatic heterocycles. The molecule has 0 unspecified atom stereocenters. The molecule has 2 nitrogen and oxygen atoms in total. The zero-order chi connectivity index (χ0) is 12.1. The van der Waals surface area contributed by atoms with E-state index in [0.29, 0.717) is 4.90 Å². The molecule has 0 saturated carbocycles. The highest BCUT2D eigenvalue weighted by Gasteiger charge is 2.04. The molecule has 0 radical (unpaired) electrons. The number of nitrogens with one attached hydrogen (secondary N) is 1. The molecule has 0 atom stereocenters. The number of nitrogens with zero attached hydrogens (tertiary/aromatic N) is 1. The average Bonchev–Trinajstić information content (AvgIpc) is 2.33. The van der Waals surface area contributed by atoms with Gasteiger partial charge in [-0.05, 0) is 31.2 Å². The van der Waals surface area contributed by atoms with Gasteiger partial charge in [0.25, 0.3) is 0 Å². The van der Waals surface area contributed by atoms with Crippen molar-refractivity contribution >= 4 is 17.6 Å². The minimum Gasteiger partial charge on any atom is -0.370 e. The van der Waals surface area contributed by atoms with Crippen LogP contribution in [0.3, 0.4) is 0 Å². The van der Waals surface area contributed by atoms with Crippen LogP contribution in [0.25, 0.3) is 0 Å². The van der Waals surface area contributed by atoms with Crippen molar-refractivity contribution in [1.82, 2.24) is 4.98 Å². The van der Waals surface area contributed by atoms with Crippen LogP contribution in [-0.2, 0) is 0 Å². The molecule has 0 aliphatic rings. The molecule has 0 aliphatic carbocycles. The van der Waals surface area contributed by atoms with Crippen molar-refractivity contribution in [2.75, 3.05) is 11.9 Å². The number of halogens is 1. The molecule has 0 spiro atoms. The summed E-state index contributed by atoms with van der Waals surface area (Å²) in [5.74, 6) is 0.599. The standard InChI is InChI=1S/C13H13FN2S/c1-2-15-12-8-5-9-13(16-12)17-11-7-4-3-6-10(11)14/h3-9H,2H2,1H3,(H,15,16). The van der Waals surface area contributed by atoms with Gasteiger partial charge in [0.1, 0.15) is 16.7 Å². The molecule has 1 aromatic carbocycles. The SMILES string of the molecule is CCNc1cccc(Sc2ccccc2F)n1. The van der Waals surface area contributed by atoms with Gasteiger partial charge < -0.3 is 5.32 Å². The first-order valence-electron chi connectivity index (χ1n) is 5.43. The molecule has 1 N–H and O–H groups in total. The highest BCUT2D eigenvalue weighted by Crippen LogP contribution is 2.28. The summed E-state index contributed by atoms with van der Waals surface area (Å²) in [5, 5.41) is 3.92. The fourth-order valence-electron chi connectivity index (χ4n) is 1.39. The van der Waals surface area contributed by atoms with Crippen molar-refractivity contribution in [3.05, 3.63) is 48.3 Å². The van der Waals surface area contributed by atoms with E-state index in [1.807, 2.05) is 31.2 Å². The van der Waals surface area contributed by atoms with E-state index in [2.05, 4.69) is 10.3 Å². The first kappa shape index (κ1) is 11.9. The molecule has 2 aromatic rings. The van der Waals surface area contributed by atoms with Crippen LogP contribution >= 0.6 is 11.8 Å². The molecule has 1 aromatic heterocycles. The summed E-state index contributed by atoms with van der Waals surface area (Å²) < 4.78 is 13.5. The molecular formula is C13H13FN2S. The van der Waals surface area contributed by atoms with Gasteiger partial charge >= 0.3 is 0 Å². The van der Waals surface area contributed by atoms with Gasteiger partial charge in [0.05, 0.1) is 0 Å². The maximum Gasteiger partial charge on any atom is 0.137 e. The summed E-state index contributed by atoms with van der Waals surface area (Å²) in [4.78, 5) is 4.98. The maximum absolute atomic E-state index is 13.5. The van der Waals surface area contributed by atoms with Gasteiger partial charge in [-0.2, -0.15) is 0 Å². The number of hydrogen-bond acceptors (Lipinski definition) is 3. The number of pyridine rings is 1. The Balaban J connectivity index is 2.18. The normalized spacial score (nSPS) is 10.2. The van der Waals surface area contributed by atoms with Crippen LogP contribution in [0.4, 0.5) is 10.2 Å². The quantitative estimate of drug-likeness (QED) is 0.890. The second kappa shape index (κ2) is 5.68. The zero-order valence-electron chi connectivity index (χ0n) is 9.48. The van der Waals surface area contributed by atoms with Crippen LogP contribution in [0.2, 0.25) is 0 Å². The molecular weight excluding hydrogens is 235 g/mol. The second-order valence-corrected chi connectivity index (χ2v) is 4.49. The summed E-state index contributed by atoms with van der Waals surface area (Å²) in [6.07, 6.45) is 0. The van der Waals surface area contributed by atoms with Crippen molar-refractivity contribution in [1.29, 1.82) is 0 Å². The first-order chi connectivity index (χ1) is 8.29. The topological polar surface area (TPSA) is 24.9 Å². The van der Waals surface area contributed by atoms with Crippen LogP contribution in [-0.4, -0.2) is 11.5 Å². The van der Waals surface area contributed by atoms with E-state index in [0.717, 1.165) is 17.4 Å². The van der Waals surface area contributed by atoms with Gasteiger partial charge in [0, 0.05) is 11.4 Å². The van der Waals surface area contributed by atoms with Gasteiger partial charge in [-0.15, -0.1) is 0 Å². The highest BCUT2D eigenvalue weighted by molar-refractivity contribution is 7.99. The number of rotatable bonds is 4. The predicted octanol–water partition coefficient (Wildman–Crippen LogP) is 3.80. The molecule has 2 rings (SSSR count). The van der Waals surface area contributed by atoms with Gasteiger partial charge in [0.15, 0.2) is 0 Å². The number of benzene rings is 1. The Labute approximate surface area is 104 Å². The maximum atomic E-state index is 13.5. The van der Waals surface area contributed by atoms with E-state index in [1.165, 1.54) is 17.8 Å². The van der Waals surface area contributed by atoms with Gasteiger partial charge in [-0.25, -0.2) is 9.37 Å². The van der Waals surface area contributed by atoms with Gasteiger partial charge in [-0.1, -0.05) is 30.0 Å². The van der Waals surface area contributed by atoms with E-state index in [-0.39, 0.29) is 5.82 Å². The third kappa shape index (κ3) is 3.20. The largest absolute Gasteiger partial charge is 0.370 e. The molecule has 1 heterocycles. The Bertz CT molecular complexity index is 502. The Morgan fingerprint density at radius 2 is 2.00 bits per heavy atom. The number of anilines is 1. The molecule has 17 heavy (non-hydrogen) atoms. The Kier molecular flexibility index (Phi) is 3.98. The lowest BCUT2D eigenvalue weighted by molar-refractivity contribution is 0.602. The molecule has 0 bridgehead atoms. The number of aromatic nitrogens is 1. The lowest BCUT2D eigenvalue weighted by Gasteiger charge is -2.05. The van der Waals surface area contributed by atoms with Crippen molar-refractivity contribution in [2.24, 2.45) is 0 Å². The number of hydrogen-bond donors (Lipinski definition) is 1.